The third-order valence-electron chi connectivity index (χ3n) is 8.37. The molecule has 0 N–H and O–H groups in total. The lowest BCUT2D eigenvalue weighted by molar-refractivity contribution is -0.144. The van der Waals surface area contributed by atoms with E-state index in [2.05, 4.69) is 13.8 Å². The van der Waals surface area contributed by atoms with Crippen LogP contribution < -0.4 is 4.74 Å². The van der Waals surface area contributed by atoms with Crippen molar-refractivity contribution in [1.29, 1.82) is 0 Å². The number of esters is 1. The van der Waals surface area contributed by atoms with Gasteiger partial charge in [-0.2, -0.15) is 0 Å². The zero-order chi connectivity index (χ0) is 19.5. The summed E-state index contributed by atoms with van der Waals surface area (Å²) in [6.07, 6.45) is 14.7. The van der Waals surface area contributed by atoms with E-state index in [4.69, 9.17) is 4.74 Å². The largest absolute Gasteiger partial charge is 0.426 e. The Kier molecular flexibility index (Phi) is 6.43. The average molecular weight is 383 g/mol. The maximum atomic E-state index is 12.9. The summed E-state index contributed by atoms with van der Waals surface area (Å²) in [4.78, 5) is 12.9. The lowest BCUT2D eigenvalue weighted by Crippen LogP contribution is -2.40. The molecule has 4 unspecified atom stereocenters. The van der Waals surface area contributed by atoms with Gasteiger partial charge in [-0.25, -0.2) is 0 Å². The first-order chi connectivity index (χ1) is 13.6. The van der Waals surface area contributed by atoms with Crippen LogP contribution in [0.25, 0.3) is 0 Å². The van der Waals surface area contributed by atoms with Gasteiger partial charge in [0.1, 0.15) is 5.75 Å². The van der Waals surface area contributed by atoms with E-state index in [1.165, 1.54) is 69.8 Å². The number of hydrogen-bond acceptors (Lipinski definition) is 2. The van der Waals surface area contributed by atoms with Gasteiger partial charge >= 0.3 is 5.97 Å². The number of benzene rings is 1. The Labute approximate surface area is 171 Å². The number of carbonyl (C=O) groups is 1. The van der Waals surface area contributed by atoms with E-state index in [1.54, 1.807) is 0 Å². The molecule has 3 aliphatic rings. The van der Waals surface area contributed by atoms with Crippen molar-refractivity contribution in [2.75, 3.05) is 0 Å². The van der Waals surface area contributed by atoms with Crippen molar-refractivity contribution >= 4 is 5.97 Å². The molecule has 0 radical (unpaired) electrons. The highest BCUT2D eigenvalue weighted by Gasteiger charge is 2.43. The molecule has 1 aromatic carbocycles. The van der Waals surface area contributed by atoms with Crippen LogP contribution >= 0.6 is 0 Å². The summed E-state index contributed by atoms with van der Waals surface area (Å²) in [6.45, 7) is 4.42. The predicted molar refractivity (Wildman–Crippen MR) is 114 cm³/mol. The van der Waals surface area contributed by atoms with E-state index in [0.717, 1.165) is 30.1 Å². The average Bonchev–Trinajstić information content (AvgIpc) is 2.74. The van der Waals surface area contributed by atoms with Crippen LogP contribution in [0.3, 0.4) is 0 Å². The Hall–Kier alpha value is -1.31. The van der Waals surface area contributed by atoms with Crippen LogP contribution in [-0.2, 0) is 4.79 Å². The van der Waals surface area contributed by atoms with E-state index in [9.17, 15) is 4.79 Å². The Bertz CT molecular complexity index is 641. The molecule has 0 amide bonds. The predicted octanol–water partition coefficient (Wildman–Crippen LogP) is 6.95. The summed E-state index contributed by atoms with van der Waals surface area (Å²) < 4.78 is 5.79. The Morgan fingerprint density at radius 3 is 2.32 bits per heavy atom. The molecule has 4 atom stereocenters. The molecule has 0 saturated heterocycles. The van der Waals surface area contributed by atoms with Crippen molar-refractivity contribution in [3.05, 3.63) is 29.8 Å². The van der Waals surface area contributed by atoms with Gasteiger partial charge in [-0.05, 0) is 87.2 Å². The number of fused-ring (bicyclic) bond motifs is 1. The summed E-state index contributed by atoms with van der Waals surface area (Å²) in [6, 6.07) is 7.89. The highest BCUT2D eigenvalue weighted by molar-refractivity contribution is 5.75. The fourth-order valence-corrected chi connectivity index (χ4v) is 6.59. The van der Waals surface area contributed by atoms with Crippen molar-refractivity contribution < 1.29 is 9.53 Å². The Morgan fingerprint density at radius 1 is 0.893 bits per heavy atom. The molecule has 4 rings (SSSR count). The van der Waals surface area contributed by atoms with E-state index >= 15 is 0 Å². The van der Waals surface area contributed by atoms with Crippen molar-refractivity contribution in [2.45, 2.75) is 84.5 Å². The molecular formula is C26H38O2. The standard InChI is InChI=1S/C26H38O2/c1-3-19-9-11-20(12-10-19)21-13-16-24-22(17-21)5-4-6-25(24)26(27)28-23-14-7-18(2)8-15-23/h7-8,14-15,19-22,24-25H,3-6,9-13,16-17H2,1-2H3. The van der Waals surface area contributed by atoms with Crippen molar-refractivity contribution in [3.63, 3.8) is 0 Å². The second kappa shape index (κ2) is 9.01. The fraction of sp³-hybridized carbons (Fsp3) is 0.731. The molecule has 3 fully saturated rings. The maximum absolute atomic E-state index is 12.9. The van der Waals surface area contributed by atoms with Gasteiger partial charge in [0.05, 0.1) is 5.92 Å². The van der Waals surface area contributed by atoms with E-state index in [0.29, 0.717) is 11.7 Å². The molecule has 28 heavy (non-hydrogen) atoms. The number of ether oxygens (including phenoxy) is 1. The maximum Gasteiger partial charge on any atom is 0.314 e. The molecule has 3 aliphatic carbocycles. The second-order valence-corrected chi connectivity index (χ2v) is 9.96. The molecule has 0 bridgehead atoms. The normalized spacial score (nSPS) is 35.8. The third-order valence-corrected chi connectivity index (χ3v) is 8.37. The van der Waals surface area contributed by atoms with E-state index in [-0.39, 0.29) is 11.9 Å². The van der Waals surface area contributed by atoms with Crippen LogP contribution in [0.2, 0.25) is 0 Å². The number of rotatable bonds is 4. The molecule has 1 aromatic rings. The summed E-state index contributed by atoms with van der Waals surface area (Å²) in [5.74, 6) is 5.05. The number of aryl methyl sites for hydroxylation is 1. The molecule has 0 aromatic heterocycles. The quantitative estimate of drug-likeness (QED) is 0.416. The first-order valence-corrected chi connectivity index (χ1v) is 11.9. The monoisotopic (exact) mass is 382 g/mol. The van der Waals surface area contributed by atoms with Gasteiger partial charge in [-0.3, -0.25) is 4.79 Å². The van der Waals surface area contributed by atoms with Crippen LogP contribution in [0.15, 0.2) is 24.3 Å². The van der Waals surface area contributed by atoms with Crippen molar-refractivity contribution in [1.82, 2.24) is 0 Å². The van der Waals surface area contributed by atoms with Crippen molar-refractivity contribution in [3.8, 4) is 5.75 Å². The number of carbonyl (C=O) groups excluding carboxylic acids is 1. The Morgan fingerprint density at radius 2 is 1.61 bits per heavy atom. The topological polar surface area (TPSA) is 26.3 Å². The van der Waals surface area contributed by atoms with E-state index < -0.39 is 0 Å². The van der Waals surface area contributed by atoms with Crippen LogP contribution in [0.5, 0.6) is 5.75 Å². The molecule has 0 spiro atoms. The van der Waals surface area contributed by atoms with Gasteiger partial charge in [0, 0.05) is 0 Å². The first kappa shape index (κ1) is 20.0. The van der Waals surface area contributed by atoms with Gasteiger partial charge in [0.25, 0.3) is 0 Å². The highest BCUT2D eigenvalue weighted by Crippen LogP contribution is 2.50. The summed E-state index contributed by atoms with van der Waals surface area (Å²) >= 11 is 0. The summed E-state index contributed by atoms with van der Waals surface area (Å²) in [7, 11) is 0. The van der Waals surface area contributed by atoms with E-state index in [1.807, 2.05) is 24.3 Å². The molecular weight excluding hydrogens is 344 g/mol. The second-order valence-electron chi connectivity index (χ2n) is 9.96. The fourth-order valence-electron chi connectivity index (χ4n) is 6.59. The van der Waals surface area contributed by atoms with Gasteiger partial charge in [-0.1, -0.05) is 56.7 Å². The molecule has 2 nitrogen and oxygen atoms in total. The van der Waals surface area contributed by atoms with Gasteiger partial charge in [0.2, 0.25) is 0 Å². The lowest BCUT2D eigenvalue weighted by atomic mass is 9.59. The minimum absolute atomic E-state index is 0.0282. The highest BCUT2D eigenvalue weighted by atomic mass is 16.5. The van der Waals surface area contributed by atoms with Gasteiger partial charge < -0.3 is 4.74 Å². The zero-order valence-corrected chi connectivity index (χ0v) is 17.9. The third kappa shape index (κ3) is 4.47. The van der Waals surface area contributed by atoms with Crippen LogP contribution in [-0.4, -0.2) is 5.97 Å². The molecule has 3 saturated carbocycles. The summed E-state index contributed by atoms with van der Waals surface area (Å²) in [5, 5.41) is 0. The zero-order valence-electron chi connectivity index (χ0n) is 17.9. The van der Waals surface area contributed by atoms with Crippen LogP contribution in [0.1, 0.15) is 83.1 Å². The van der Waals surface area contributed by atoms with Gasteiger partial charge in [0.15, 0.2) is 0 Å². The van der Waals surface area contributed by atoms with Crippen molar-refractivity contribution in [2.24, 2.45) is 35.5 Å². The summed E-state index contributed by atoms with van der Waals surface area (Å²) in [5.41, 5.74) is 1.20. The minimum atomic E-state index is 0.0282. The van der Waals surface area contributed by atoms with Crippen LogP contribution in [0.4, 0.5) is 0 Å². The van der Waals surface area contributed by atoms with Gasteiger partial charge in [-0.15, -0.1) is 0 Å². The SMILES string of the molecule is CCC1CCC(C2CCC3C(CCCC3C(=O)Oc3ccc(C)cc3)C2)CC1. The smallest absolute Gasteiger partial charge is 0.314 e. The number of hydrogen-bond donors (Lipinski definition) is 0. The lowest BCUT2D eigenvalue weighted by Gasteiger charge is -2.46. The molecule has 0 aliphatic heterocycles. The molecule has 0 heterocycles. The molecule has 154 valence electrons. The minimum Gasteiger partial charge on any atom is -0.426 e. The molecule has 2 heteroatoms. The first-order valence-electron chi connectivity index (χ1n) is 11.9. The Balaban J connectivity index is 1.34. The van der Waals surface area contributed by atoms with Crippen LogP contribution in [0, 0.1) is 42.4 Å².